The van der Waals surface area contributed by atoms with Crippen molar-refractivity contribution in [3.8, 4) is 11.9 Å². The van der Waals surface area contributed by atoms with Crippen LogP contribution in [0.1, 0.15) is 17.0 Å². The molecular weight excluding hydrogens is 358 g/mol. The second kappa shape index (κ2) is 5.89. The van der Waals surface area contributed by atoms with Crippen LogP contribution in [0.5, 0.6) is 5.88 Å². The number of nitro benzene ring substituents is 1. The highest BCUT2D eigenvalue weighted by Gasteiger charge is 2.37. The van der Waals surface area contributed by atoms with E-state index in [-0.39, 0.29) is 34.1 Å². The monoisotopic (exact) mass is 369 g/mol. The van der Waals surface area contributed by atoms with Crippen molar-refractivity contribution in [1.29, 1.82) is 5.26 Å². The van der Waals surface area contributed by atoms with Gasteiger partial charge in [0, 0.05) is 24.4 Å². The number of nitrogens with zero attached hydrogens (tertiary/aromatic N) is 4. The number of rotatable bonds is 2. The summed E-state index contributed by atoms with van der Waals surface area (Å²) >= 11 is 1.43. The van der Waals surface area contributed by atoms with E-state index in [9.17, 15) is 20.2 Å². The first-order chi connectivity index (χ1) is 12.5. The number of allylic oxidation sites excluding steroid dienone is 1. The molecule has 1 aromatic carbocycles. The fraction of sp³-hybridized carbons (Fsp3) is 0.188. The maximum Gasteiger partial charge on any atom is 0.269 e. The van der Waals surface area contributed by atoms with E-state index in [2.05, 4.69) is 4.98 Å². The quantitative estimate of drug-likeness (QED) is 0.477. The third kappa shape index (κ3) is 2.33. The highest BCUT2D eigenvalue weighted by atomic mass is 32.2. The molecule has 26 heavy (non-hydrogen) atoms. The lowest BCUT2D eigenvalue weighted by molar-refractivity contribution is -0.384. The number of benzene rings is 1. The largest absolute Gasteiger partial charge is 0.422 e. The van der Waals surface area contributed by atoms with Crippen molar-refractivity contribution in [2.45, 2.75) is 17.6 Å². The fourth-order valence-corrected chi connectivity index (χ4v) is 4.04. The van der Waals surface area contributed by atoms with Gasteiger partial charge in [0.2, 0.25) is 11.8 Å². The first-order valence-corrected chi connectivity index (χ1v) is 8.59. The van der Waals surface area contributed by atoms with Gasteiger partial charge >= 0.3 is 0 Å². The number of aromatic nitrogens is 2. The summed E-state index contributed by atoms with van der Waals surface area (Å²) in [7, 11) is 0. The Morgan fingerprint density at radius 1 is 1.50 bits per heavy atom. The first kappa shape index (κ1) is 16.2. The van der Waals surface area contributed by atoms with Gasteiger partial charge in [-0.15, -0.1) is 0 Å². The molecule has 1 aromatic heterocycles. The number of nitriles is 1. The molecule has 10 heteroatoms. The topological polar surface area (TPSA) is 137 Å². The van der Waals surface area contributed by atoms with Crippen molar-refractivity contribution in [2.75, 3.05) is 5.75 Å². The minimum absolute atomic E-state index is 0.0306. The number of nitrogens with two attached hydrogens (primary N) is 1. The second-order valence-corrected chi connectivity index (χ2v) is 6.76. The van der Waals surface area contributed by atoms with Gasteiger partial charge in [0.25, 0.3) is 11.2 Å². The van der Waals surface area contributed by atoms with Gasteiger partial charge in [-0.1, -0.05) is 23.9 Å². The Bertz CT molecular complexity index is 1090. The summed E-state index contributed by atoms with van der Waals surface area (Å²) in [6.45, 7) is 0.502. The fourth-order valence-electron chi connectivity index (χ4n) is 3.11. The van der Waals surface area contributed by atoms with Crippen LogP contribution in [0.2, 0.25) is 0 Å². The van der Waals surface area contributed by atoms with Gasteiger partial charge in [-0.2, -0.15) is 10.2 Å². The van der Waals surface area contributed by atoms with Gasteiger partial charge in [-0.05, 0) is 5.56 Å². The Labute approximate surface area is 150 Å². The highest BCUT2D eigenvalue weighted by molar-refractivity contribution is 7.99. The molecule has 2 aliphatic heterocycles. The molecule has 1 unspecified atom stereocenters. The van der Waals surface area contributed by atoms with Crippen LogP contribution in [0, 0.1) is 21.4 Å². The van der Waals surface area contributed by atoms with Crippen LogP contribution in [0.15, 0.2) is 45.7 Å². The molecule has 3 heterocycles. The van der Waals surface area contributed by atoms with Gasteiger partial charge < -0.3 is 10.5 Å². The Morgan fingerprint density at radius 2 is 2.31 bits per heavy atom. The lowest BCUT2D eigenvalue weighted by Gasteiger charge is -2.25. The average Bonchev–Trinajstić information content (AvgIpc) is 3.09. The second-order valence-electron chi connectivity index (χ2n) is 5.70. The van der Waals surface area contributed by atoms with Crippen molar-refractivity contribution in [2.24, 2.45) is 5.73 Å². The van der Waals surface area contributed by atoms with E-state index in [1.807, 2.05) is 6.07 Å². The number of fused-ring (bicyclic) bond motifs is 2. The van der Waals surface area contributed by atoms with Gasteiger partial charge in [-0.3, -0.25) is 19.5 Å². The number of hydrogen-bond donors (Lipinski definition) is 1. The van der Waals surface area contributed by atoms with Crippen LogP contribution in [0.4, 0.5) is 5.69 Å². The van der Waals surface area contributed by atoms with Crippen LogP contribution in [-0.2, 0) is 6.54 Å². The molecule has 130 valence electrons. The minimum atomic E-state index is -0.868. The zero-order valence-electron chi connectivity index (χ0n) is 13.2. The molecule has 0 saturated heterocycles. The lowest BCUT2D eigenvalue weighted by Crippen LogP contribution is -2.32. The van der Waals surface area contributed by atoms with E-state index in [1.165, 1.54) is 34.5 Å². The third-order valence-corrected chi connectivity index (χ3v) is 5.22. The number of non-ortho nitro benzene ring substituents is 1. The van der Waals surface area contributed by atoms with E-state index in [4.69, 9.17) is 10.5 Å². The predicted octanol–water partition coefficient (Wildman–Crippen LogP) is 1.48. The number of thioether (sulfide) groups is 1. The molecule has 0 spiro atoms. The SMILES string of the molecule is N#CC1=C(N)Oc2nc3n(c(=O)c2C1c1cccc([N+](=O)[O-])c1)CCS3. The van der Waals surface area contributed by atoms with Crippen molar-refractivity contribution in [1.82, 2.24) is 9.55 Å². The summed E-state index contributed by atoms with van der Waals surface area (Å²) < 4.78 is 6.96. The number of nitro groups is 1. The first-order valence-electron chi connectivity index (χ1n) is 7.60. The standard InChI is InChI=1S/C16H11N5O4S/c17-7-10-11(8-2-1-3-9(6-8)21(23)24)12-14(25-13(10)18)19-16-20(15(12)22)4-5-26-16/h1-3,6,11H,4-5,18H2. The Kier molecular flexibility index (Phi) is 3.66. The van der Waals surface area contributed by atoms with Crippen LogP contribution in [0.3, 0.4) is 0 Å². The maximum atomic E-state index is 13.0. The molecule has 0 aliphatic carbocycles. The minimum Gasteiger partial charge on any atom is -0.422 e. The van der Waals surface area contributed by atoms with Crippen LogP contribution >= 0.6 is 11.8 Å². The normalized spacial score (nSPS) is 17.9. The molecule has 0 saturated carbocycles. The molecule has 1 atom stereocenters. The number of hydrogen-bond acceptors (Lipinski definition) is 8. The summed E-state index contributed by atoms with van der Waals surface area (Å²) in [6, 6.07) is 7.75. The van der Waals surface area contributed by atoms with E-state index in [0.29, 0.717) is 23.0 Å². The molecule has 4 rings (SSSR count). The van der Waals surface area contributed by atoms with Crippen molar-refractivity contribution >= 4 is 17.4 Å². The summed E-state index contributed by atoms with van der Waals surface area (Å²) in [6.07, 6.45) is 0. The van der Waals surface area contributed by atoms with Crippen molar-refractivity contribution in [3.63, 3.8) is 0 Å². The molecule has 2 N–H and O–H groups in total. The zero-order valence-corrected chi connectivity index (χ0v) is 14.0. The maximum absolute atomic E-state index is 13.0. The van der Waals surface area contributed by atoms with Crippen LogP contribution in [-0.4, -0.2) is 20.2 Å². The molecule has 0 bridgehead atoms. The van der Waals surface area contributed by atoms with E-state index >= 15 is 0 Å². The smallest absolute Gasteiger partial charge is 0.269 e. The molecule has 2 aromatic rings. The molecule has 9 nitrogen and oxygen atoms in total. The Balaban J connectivity index is 2.00. The van der Waals surface area contributed by atoms with E-state index in [1.54, 1.807) is 6.07 Å². The predicted molar refractivity (Wildman–Crippen MR) is 91.6 cm³/mol. The average molecular weight is 369 g/mol. The third-order valence-electron chi connectivity index (χ3n) is 4.26. The Hall–Kier alpha value is -3.32. The lowest BCUT2D eigenvalue weighted by atomic mass is 9.85. The summed E-state index contributed by atoms with van der Waals surface area (Å²) in [5.74, 6) is -0.271. The molecule has 2 aliphatic rings. The summed E-state index contributed by atoms with van der Waals surface area (Å²) in [5.41, 5.74) is 6.01. The molecule has 0 amide bonds. The van der Waals surface area contributed by atoms with Crippen molar-refractivity contribution in [3.05, 3.63) is 67.3 Å². The van der Waals surface area contributed by atoms with Gasteiger partial charge in [-0.25, -0.2) is 0 Å². The molecule has 0 fully saturated rings. The molecule has 0 radical (unpaired) electrons. The van der Waals surface area contributed by atoms with E-state index < -0.39 is 10.8 Å². The number of ether oxygens (including phenoxy) is 1. The van der Waals surface area contributed by atoms with Gasteiger partial charge in [0.15, 0.2) is 5.16 Å². The summed E-state index contributed by atoms with van der Waals surface area (Å²) in [4.78, 5) is 27.9. The van der Waals surface area contributed by atoms with Crippen LogP contribution < -0.4 is 16.0 Å². The zero-order chi connectivity index (χ0) is 18.4. The molecular formula is C16H11N5O4S. The van der Waals surface area contributed by atoms with E-state index in [0.717, 1.165) is 0 Å². The summed E-state index contributed by atoms with van der Waals surface area (Å²) in [5, 5.41) is 21.2. The van der Waals surface area contributed by atoms with Gasteiger partial charge in [0.1, 0.15) is 11.6 Å². The van der Waals surface area contributed by atoms with Gasteiger partial charge in [0.05, 0.1) is 16.4 Å². The van der Waals surface area contributed by atoms with Crippen LogP contribution in [0.25, 0.3) is 0 Å². The highest BCUT2D eigenvalue weighted by Crippen LogP contribution is 2.41. The Morgan fingerprint density at radius 3 is 3.04 bits per heavy atom. The van der Waals surface area contributed by atoms with Crippen molar-refractivity contribution < 1.29 is 9.66 Å².